The van der Waals surface area contributed by atoms with E-state index in [0.29, 0.717) is 6.42 Å². The molecule has 0 saturated heterocycles. The van der Waals surface area contributed by atoms with Crippen LogP contribution in [0, 0.1) is 12.8 Å². The third kappa shape index (κ3) is 4.26. The van der Waals surface area contributed by atoms with Crippen LogP contribution < -0.4 is 10.2 Å². The van der Waals surface area contributed by atoms with Crippen molar-refractivity contribution in [3.63, 3.8) is 0 Å². The fourth-order valence-corrected chi connectivity index (χ4v) is 1.99. The van der Waals surface area contributed by atoms with Crippen molar-refractivity contribution in [2.75, 3.05) is 11.9 Å². The van der Waals surface area contributed by atoms with Crippen LogP contribution in [0.25, 0.3) is 0 Å². The van der Waals surface area contributed by atoms with Crippen LogP contribution in [-0.2, 0) is 4.79 Å². The minimum absolute atomic E-state index is 0.195. The Labute approximate surface area is 119 Å². The van der Waals surface area contributed by atoms with Crippen molar-refractivity contribution in [3.05, 3.63) is 29.8 Å². The third-order valence-corrected chi connectivity index (χ3v) is 3.08. The van der Waals surface area contributed by atoms with Crippen molar-refractivity contribution < 1.29 is 14.7 Å². The molecule has 1 aromatic rings. The number of aliphatic carboxylic acids is 1. The number of hydrogen-bond donors (Lipinski definition) is 2. The van der Waals surface area contributed by atoms with Crippen LogP contribution in [-0.4, -0.2) is 30.2 Å². The molecule has 0 radical (unpaired) electrons. The van der Waals surface area contributed by atoms with E-state index in [4.69, 9.17) is 5.11 Å². The van der Waals surface area contributed by atoms with Gasteiger partial charge < -0.3 is 10.4 Å². The maximum absolute atomic E-state index is 12.1. The zero-order chi connectivity index (χ0) is 15.3. The lowest BCUT2D eigenvalue weighted by Crippen LogP contribution is -2.47. The van der Waals surface area contributed by atoms with E-state index in [1.54, 1.807) is 7.05 Å². The van der Waals surface area contributed by atoms with Crippen molar-refractivity contribution in [1.29, 1.82) is 0 Å². The lowest BCUT2D eigenvalue weighted by Gasteiger charge is -2.23. The first-order chi connectivity index (χ1) is 9.32. The van der Waals surface area contributed by atoms with E-state index in [1.807, 2.05) is 45.0 Å². The zero-order valence-electron chi connectivity index (χ0n) is 12.4. The maximum atomic E-state index is 12.1. The normalized spacial score (nSPS) is 12.1. The summed E-state index contributed by atoms with van der Waals surface area (Å²) in [5.41, 5.74) is 1.72. The summed E-state index contributed by atoms with van der Waals surface area (Å²) < 4.78 is 0. The highest BCUT2D eigenvalue weighted by Gasteiger charge is 2.23. The Morgan fingerprint density at radius 3 is 2.40 bits per heavy atom. The molecule has 1 atom stereocenters. The number of nitrogens with zero attached hydrogens (tertiary/aromatic N) is 1. The van der Waals surface area contributed by atoms with Gasteiger partial charge in [-0.2, -0.15) is 0 Å². The summed E-state index contributed by atoms with van der Waals surface area (Å²) in [6.45, 7) is 5.75. The van der Waals surface area contributed by atoms with Crippen molar-refractivity contribution in [1.82, 2.24) is 5.32 Å². The van der Waals surface area contributed by atoms with Gasteiger partial charge in [0.2, 0.25) is 0 Å². The minimum atomic E-state index is -1.01. The Hall–Kier alpha value is -2.04. The Kier molecular flexibility index (Phi) is 5.55. The van der Waals surface area contributed by atoms with Gasteiger partial charge in [-0.05, 0) is 30.9 Å². The van der Waals surface area contributed by atoms with Crippen LogP contribution in [0.3, 0.4) is 0 Å². The zero-order valence-corrected chi connectivity index (χ0v) is 12.4. The van der Waals surface area contributed by atoms with Gasteiger partial charge in [0, 0.05) is 12.7 Å². The number of carbonyl (C=O) groups excluding carboxylic acids is 1. The Balaban J connectivity index is 2.79. The van der Waals surface area contributed by atoms with Gasteiger partial charge in [-0.25, -0.2) is 9.59 Å². The molecule has 0 aliphatic rings. The van der Waals surface area contributed by atoms with Crippen molar-refractivity contribution in [3.8, 4) is 0 Å². The average molecular weight is 278 g/mol. The summed E-state index contributed by atoms with van der Waals surface area (Å²) in [7, 11) is 1.63. The Morgan fingerprint density at radius 2 is 1.90 bits per heavy atom. The van der Waals surface area contributed by atoms with Crippen LogP contribution in [0.2, 0.25) is 0 Å². The number of aryl methyl sites for hydroxylation is 1. The van der Waals surface area contributed by atoms with E-state index in [0.717, 1.165) is 11.3 Å². The molecule has 2 amide bonds. The van der Waals surface area contributed by atoms with Gasteiger partial charge in [-0.3, -0.25) is 4.90 Å². The van der Waals surface area contributed by atoms with E-state index in [1.165, 1.54) is 4.90 Å². The van der Waals surface area contributed by atoms with Crippen LogP contribution in [0.4, 0.5) is 10.5 Å². The van der Waals surface area contributed by atoms with Crippen LogP contribution in [0.1, 0.15) is 25.8 Å². The molecule has 110 valence electrons. The number of rotatable bonds is 5. The van der Waals surface area contributed by atoms with Crippen LogP contribution in [0.5, 0.6) is 0 Å². The molecule has 0 heterocycles. The predicted molar refractivity (Wildman–Crippen MR) is 79.0 cm³/mol. The van der Waals surface area contributed by atoms with Crippen LogP contribution in [0.15, 0.2) is 24.3 Å². The largest absolute Gasteiger partial charge is 0.480 e. The summed E-state index contributed by atoms with van der Waals surface area (Å²) in [5.74, 6) is -0.814. The molecule has 5 nitrogen and oxygen atoms in total. The topological polar surface area (TPSA) is 69.6 Å². The molecule has 0 aliphatic heterocycles. The molecule has 5 heteroatoms. The highest BCUT2D eigenvalue weighted by atomic mass is 16.4. The van der Waals surface area contributed by atoms with E-state index in [2.05, 4.69) is 5.32 Å². The second-order valence-corrected chi connectivity index (χ2v) is 5.32. The number of carboxylic acids is 1. The summed E-state index contributed by atoms with van der Waals surface area (Å²) in [6, 6.07) is 6.19. The molecule has 0 aliphatic carbocycles. The fraction of sp³-hybridized carbons (Fsp3) is 0.467. The van der Waals surface area contributed by atoms with E-state index in [-0.39, 0.29) is 5.92 Å². The van der Waals surface area contributed by atoms with E-state index >= 15 is 0 Å². The molecular formula is C15H22N2O3. The number of urea groups is 1. The van der Waals surface area contributed by atoms with Gasteiger partial charge in [-0.15, -0.1) is 0 Å². The molecule has 0 aromatic heterocycles. The van der Waals surface area contributed by atoms with Crippen molar-refractivity contribution in [2.24, 2.45) is 5.92 Å². The quantitative estimate of drug-likeness (QED) is 0.870. The van der Waals surface area contributed by atoms with Gasteiger partial charge in [0.1, 0.15) is 6.04 Å². The SMILES string of the molecule is Cc1ccccc1N(C)C(=O)NC(CC(C)C)C(=O)O. The molecule has 0 saturated carbocycles. The van der Waals surface area contributed by atoms with E-state index < -0.39 is 18.0 Å². The molecule has 0 fully saturated rings. The number of nitrogens with one attached hydrogen (secondary N) is 1. The van der Waals surface area contributed by atoms with Crippen LogP contribution >= 0.6 is 0 Å². The maximum Gasteiger partial charge on any atom is 0.326 e. The summed E-state index contributed by atoms with van der Waals surface area (Å²) >= 11 is 0. The predicted octanol–water partition coefficient (Wildman–Crippen LogP) is 2.64. The summed E-state index contributed by atoms with van der Waals surface area (Å²) in [4.78, 5) is 24.7. The molecule has 20 heavy (non-hydrogen) atoms. The number of amides is 2. The first kappa shape index (κ1) is 16.0. The fourth-order valence-electron chi connectivity index (χ4n) is 1.99. The molecule has 1 unspecified atom stereocenters. The minimum Gasteiger partial charge on any atom is -0.480 e. The Morgan fingerprint density at radius 1 is 1.30 bits per heavy atom. The van der Waals surface area contributed by atoms with Crippen molar-refractivity contribution >= 4 is 17.7 Å². The molecular weight excluding hydrogens is 256 g/mol. The van der Waals surface area contributed by atoms with E-state index in [9.17, 15) is 9.59 Å². The highest BCUT2D eigenvalue weighted by Crippen LogP contribution is 2.18. The summed E-state index contributed by atoms with van der Waals surface area (Å²) in [6.07, 6.45) is 0.405. The molecule has 2 N–H and O–H groups in total. The highest BCUT2D eigenvalue weighted by molar-refractivity contribution is 5.94. The lowest BCUT2D eigenvalue weighted by molar-refractivity contribution is -0.139. The van der Waals surface area contributed by atoms with Gasteiger partial charge in [0.05, 0.1) is 0 Å². The number of anilines is 1. The average Bonchev–Trinajstić information content (AvgIpc) is 2.37. The summed E-state index contributed by atoms with van der Waals surface area (Å²) in [5, 5.41) is 11.7. The molecule has 0 spiro atoms. The lowest BCUT2D eigenvalue weighted by atomic mass is 10.0. The standard InChI is InChI=1S/C15H22N2O3/c1-10(2)9-12(14(18)19)16-15(20)17(4)13-8-6-5-7-11(13)3/h5-8,10,12H,9H2,1-4H3,(H,16,20)(H,18,19). The first-order valence-corrected chi connectivity index (χ1v) is 6.65. The Bertz CT molecular complexity index is 486. The van der Waals surface area contributed by atoms with Crippen molar-refractivity contribution in [2.45, 2.75) is 33.2 Å². The van der Waals surface area contributed by atoms with Gasteiger partial charge in [0.25, 0.3) is 0 Å². The second-order valence-electron chi connectivity index (χ2n) is 5.32. The third-order valence-electron chi connectivity index (χ3n) is 3.08. The number of carbonyl (C=O) groups is 2. The number of carboxylic acid groups (broad SMARTS) is 1. The van der Waals surface area contributed by atoms with Gasteiger partial charge in [-0.1, -0.05) is 32.0 Å². The second kappa shape index (κ2) is 6.93. The number of para-hydroxylation sites is 1. The molecule has 1 rings (SSSR count). The number of benzene rings is 1. The first-order valence-electron chi connectivity index (χ1n) is 6.65. The van der Waals surface area contributed by atoms with Gasteiger partial charge in [0.15, 0.2) is 0 Å². The molecule has 0 bridgehead atoms. The number of hydrogen-bond acceptors (Lipinski definition) is 2. The molecule has 1 aromatic carbocycles. The van der Waals surface area contributed by atoms with Gasteiger partial charge >= 0.3 is 12.0 Å². The monoisotopic (exact) mass is 278 g/mol. The smallest absolute Gasteiger partial charge is 0.326 e.